The SMILES string of the molecule is COc1ccc(Cl)cc1NC(=O)CN(C)c1ccccc1[N+](=O)[O-]. The summed E-state index contributed by atoms with van der Waals surface area (Å²) in [6.45, 7) is -0.0689. The lowest BCUT2D eigenvalue weighted by Crippen LogP contribution is -2.30. The van der Waals surface area contributed by atoms with Crippen LogP contribution in [0.25, 0.3) is 0 Å². The van der Waals surface area contributed by atoms with E-state index in [1.807, 2.05) is 0 Å². The van der Waals surface area contributed by atoms with Gasteiger partial charge in [0, 0.05) is 18.1 Å². The van der Waals surface area contributed by atoms with Gasteiger partial charge in [0.05, 0.1) is 24.3 Å². The normalized spacial score (nSPS) is 10.1. The Balaban J connectivity index is 2.13. The van der Waals surface area contributed by atoms with Gasteiger partial charge in [-0.25, -0.2) is 0 Å². The number of halogens is 1. The number of likely N-dealkylation sites (N-methyl/N-ethyl adjacent to an activating group) is 1. The maximum atomic E-state index is 12.2. The van der Waals surface area contributed by atoms with Crippen LogP contribution in [0.2, 0.25) is 5.02 Å². The molecule has 7 nitrogen and oxygen atoms in total. The van der Waals surface area contributed by atoms with Crippen molar-refractivity contribution in [2.45, 2.75) is 0 Å². The van der Waals surface area contributed by atoms with Crippen molar-refractivity contribution in [3.63, 3.8) is 0 Å². The van der Waals surface area contributed by atoms with Gasteiger partial charge in [0.15, 0.2) is 0 Å². The summed E-state index contributed by atoms with van der Waals surface area (Å²) in [6, 6.07) is 11.1. The number of carbonyl (C=O) groups excluding carboxylic acids is 1. The molecule has 0 fully saturated rings. The number of rotatable bonds is 6. The average molecular weight is 350 g/mol. The zero-order valence-corrected chi connectivity index (χ0v) is 13.9. The van der Waals surface area contributed by atoms with Gasteiger partial charge in [0.2, 0.25) is 5.91 Å². The third-order valence-electron chi connectivity index (χ3n) is 3.31. The highest BCUT2D eigenvalue weighted by Crippen LogP contribution is 2.29. The molecule has 8 heteroatoms. The molecule has 0 aliphatic carbocycles. The van der Waals surface area contributed by atoms with Gasteiger partial charge in [0.25, 0.3) is 5.69 Å². The van der Waals surface area contributed by atoms with Crippen molar-refractivity contribution in [2.75, 3.05) is 30.9 Å². The molecule has 0 aliphatic heterocycles. The van der Waals surface area contributed by atoms with E-state index in [0.717, 1.165) is 0 Å². The number of nitrogens with zero attached hydrogens (tertiary/aromatic N) is 2. The van der Waals surface area contributed by atoms with Crippen molar-refractivity contribution >= 4 is 34.6 Å². The summed E-state index contributed by atoms with van der Waals surface area (Å²) in [5.41, 5.74) is 0.731. The van der Waals surface area contributed by atoms with Crippen molar-refractivity contribution in [3.8, 4) is 5.75 Å². The second-order valence-corrected chi connectivity index (χ2v) is 5.43. The van der Waals surface area contributed by atoms with Crippen molar-refractivity contribution in [1.82, 2.24) is 0 Å². The number of nitro benzene ring substituents is 1. The molecule has 24 heavy (non-hydrogen) atoms. The van der Waals surface area contributed by atoms with Gasteiger partial charge in [-0.3, -0.25) is 14.9 Å². The fourth-order valence-corrected chi connectivity index (χ4v) is 2.38. The van der Waals surface area contributed by atoms with Crippen LogP contribution in [0, 0.1) is 10.1 Å². The largest absolute Gasteiger partial charge is 0.495 e. The number of ether oxygens (including phenoxy) is 1. The van der Waals surface area contributed by atoms with Gasteiger partial charge >= 0.3 is 0 Å². The van der Waals surface area contributed by atoms with Gasteiger partial charge in [0.1, 0.15) is 11.4 Å². The van der Waals surface area contributed by atoms with E-state index in [9.17, 15) is 14.9 Å². The number of amides is 1. The number of methoxy groups -OCH3 is 1. The van der Waals surface area contributed by atoms with Crippen molar-refractivity contribution in [3.05, 3.63) is 57.6 Å². The Morgan fingerprint density at radius 3 is 2.71 bits per heavy atom. The highest BCUT2D eigenvalue weighted by atomic mass is 35.5. The summed E-state index contributed by atoms with van der Waals surface area (Å²) in [6.07, 6.45) is 0. The minimum Gasteiger partial charge on any atom is -0.495 e. The van der Waals surface area contributed by atoms with Gasteiger partial charge in [-0.05, 0) is 24.3 Å². The molecule has 2 rings (SSSR count). The lowest BCUT2D eigenvalue weighted by atomic mass is 10.2. The Morgan fingerprint density at radius 2 is 2.04 bits per heavy atom. The highest BCUT2D eigenvalue weighted by molar-refractivity contribution is 6.31. The first-order valence-corrected chi connectivity index (χ1v) is 7.38. The van der Waals surface area contributed by atoms with Crippen LogP contribution in [0.5, 0.6) is 5.75 Å². The minimum absolute atomic E-state index is 0.0619. The van der Waals surface area contributed by atoms with E-state index in [2.05, 4.69) is 5.32 Å². The molecule has 0 aliphatic rings. The summed E-state index contributed by atoms with van der Waals surface area (Å²) in [5, 5.41) is 14.2. The number of para-hydroxylation sites is 2. The maximum Gasteiger partial charge on any atom is 0.292 e. The van der Waals surface area contributed by atoms with Gasteiger partial charge in [-0.2, -0.15) is 0 Å². The van der Waals surface area contributed by atoms with E-state index >= 15 is 0 Å². The van der Waals surface area contributed by atoms with E-state index in [1.165, 1.54) is 18.1 Å². The fraction of sp³-hybridized carbons (Fsp3) is 0.188. The van der Waals surface area contributed by atoms with Gasteiger partial charge < -0.3 is 15.0 Å². The summed E-state index contributed by atoms with van der Waals surface area (Å²) in [4.78, 5) is 24.3. The van der Waals surface area contributed by atoms with Crippen LogP contribution in [0.1, 0.15) is 0 Å². The predicted octanol–water partition coefficient (Wildman–Crippen LogP) is 3.33. The van der Waals surface area contributed by atoms with E-state index in [0.29, 0.717) is 22.1 Å². The lowest BCUT2D eigenvalue weighted by molar-refractivity contribution is -0.384. The molecular weight excluding hydrogens is 334 g/mol. The third-order valence-corrected chi connectivity index (χ3v) is 3.54. The van der Waals surface area contributed by atoms with Gasteiger partial charge in [-0.1, -0.05) is 23.7 Å². The lowest BCUT2D eigenvalue weighted by Gasteiger charge is -2.19. The van der Waals surface area contributed by atoms with Crippen LogP contribution in [-0.2, 0) is 4.79 Å². The van der Waals surface area contributed by atoms with Crippen LogP contribution < -0.4 is 15.0 Å². The topological polar surface area (TPSA) is 84.7 Å². The standard InChI is InChI=1S/C16H16ClN3O4/c1-19(13-5-3-4-6-14(13)20(22)23)10-16(21)18-12-9-11(17)7-8-15(12)24-2/h3-9H,10H2,1-2H3,(H,18,21). The number of hydrogen-bond donors (Lipinski definition) is 1. The van der Waals surface area contributed by atoms with E-state index < -0.39 is 4.92 Å². The number of carbonyl (C=O) groups is 1. The molecule has 0 spiro atoms. The molecule has 2 aromatic rings. The Hall–Kier alpha value is -2.80. The Labute approximate surface area is 143 Å². The van der Waals surface area contributed by atoms with Crippen molar-refractivity contribution in [2.24, 2.45) is 0 Å². The van der Waals surface area contributed by atoms with E-state index in [-0.39, 0.29) is 18.1 Å². The molecule has 0 heterocycles. The van der Waals surface area contributed by atoms with Crippen LogP contribution in [0.15, 0.2) is 42.5 Å². The molecule has 0 radical (unpaired) electrons. The Morgan fingerprint density at radius 1 is 1.33 bits per heavy atom. The molecule has 0 unspecified atom stereocenters. The van der Waals surface area contributed by atoms with Crippen molar-refractivity contribution < 1.29 is 14.5 Å². The zero-order valence-electron chi connectivity index (χ0n) is 13.2. The summed E-state index contributed by atoms with van der Waals surface area (Å²) in [7, 11) is 3.09. The van der Waals surface area contributed by atoms with Crippen LogP contribution in [0.3, 0.4) is 0 Å². The molecule has 1 N–H and O–H groups in total. The van der Waals surface area contributed by atoms with Crippen LogP contribution in [-0.4, -0.2) is 31.5 Å². The van der Waals surface area contributed by atoms with Gasteiger partial charge in [-0.15, -0.1) is 0 Å². The summed E-state index contributed by atoms with van der Waals surface area (Å²) >= 11 is 5.92. The molecule has 0 saturated heterocycles. The second kappa shape index (κ2) is 7.65. The Kier molecular flexibility index (Phi) is 5.59. The fourth-order valence-electron chi connectivity index (χ4n) is 2.21. The molecule has 0 bridgehead atoms. The first-order valence-electron chi connectivity index (χ1n) is 7.00. The molecule has 126 valence electrons. The monoisotopic (exact) mass is 349 g/mol. The minimum atomic E-state index is -0.482. The quantitative estimate of drug-likeness (QED) is 0.638. The van der Waals surface area contributed by atoms with Crippen LogP contribution in [0.4, 0.5) is 17.1 Å². The van der Waals surface area contributed by atoms with Crippen LogP contribution >= 0.6 is 11.6 Å². The number of hydrogen-bond acceptors (Lipinski definition) is 5. The highest BCUT2D eigenvalue weighted by Gasteiger charge is 2.18. The van der Waals surface area contributed by atoms with Crippen molar-refractivity contribution in [1.29, 1.82) is 0 Å². The molecular formula is C16H16ClN3O4. The van der Waals surface area contributed by atoms with E-state index in [4.69, 9.17) is 16.3 Å². The molecule has 0 atom stereocenters. The smallest absolute Gasteiger partial charge is 0.292 e. The maximum absolute atomic E-state index is 12.2. The molecule has 1 amide bonds. The Bertz CT molecular complexity index is 767. The summed E-state index contributed by atoms with van der Waals surface area (Å²) < 4.78 is 5.17. The molecule has 0 saturated carbocycles. The average Bonchev–Trinajstić information content (AvgIpc) is 2.54. The zero-order chi connectivity index (χ0) is 17.7. The first kappa shape index (κ1) is 17.6. The molecule has 2 aromatic carbocycles. The third kappa shape index (κ3) is 4.14. The number of benzene rings is 2. The van der Waals surface area contributed by atoms with E-state index in [1.54, 1.807) is 43.4 Å². The second-order valence-electron chi connectivity index (χ2n) is 4.99. The number of anilines is 2. The number of nitrogens with one attached hydrogen (secondary N) is 1. The summed E-state index contributed by atoms with van der Waals surface area (Å²) in [5.74, 6) is 0.123. The molecule has 0 aromatic heterocycles. The first-order chi connectivity index (χ1) is 11.4. The predicted molar refractivity (Wildman–Crippen MR) is 93.0 cm³/mol. The number of nitro groups is 1.